The van der Waals surface area contributed by atoms with Gasteiger partial charge in [-0.15, -0.1) is 0 Å². The molecule has 0 unspecified atom stereocenters. The Morgan fingerprint density at radius 2 is 1.78 bits per heavy atom. The van der Waals surface area contributed by atoms with Gasteiger partial charge in [0.15, 0.2) is 18.1 Å². The summed E-state index contributed by atoms with van der Waals surface area (Å²) in [5.41, 5.74) is 0.605. The first-order chi connectivity index (χ1) is 17.7. The molecule has 3 aromatic carbocycles. The standard InChI is InChI=1S/C25H18Cl2N4O6/c1-36-23-10-15(9-16(13-28)25(33)30-17-3-2-4-19(11-17)31(34)35)5-8-22(23)37-14-24(32)29-18-6-7-20(26)21(27)12-18/h2-12H,14H2,1H3,(H,29,32)(H,30,33)/b16-9-. The molecule has 3 rings (SSSR count). The van der Waals surface area contributed by atoms with Gasteiger partial charge in [-0.25, -0.2) is 0 Å². The van der Waals surface area contributed by atoms with E-state index in [-0.39, 0.29) is 35.1 Å². The molecule has 0 fully saturated rings. The van der Waals surface area contributed by atoms with Gasteiger partial charge >= 0.3 is 0 Å². The number of amides is 2. The minimum absolute atomic E-state index is 0.167. The molecule has 12 heteroatoms. The number of methoxy groups -OCH3 is 1. The number of nitrogens with zero attached hydrogens (tertiary/aromatic N) is 2. The van der Waals surface area contributed by atoms with Crippen LogP contribution in [0.2, 0.25) is 10.0 Å². The number of halogens is 2. The SMILES string of the molecule is COc1cc(/C=C(/C#N)C(=O)Nc2cccc([N+](=O)[O-])c2)ccc1OCC(=O)Nc1ccc(Cl)c(Cl)c1. The van der Waals surface area contributed by atoms with Crippen molar-refractivity contribution >= 4 is 58.2 Å². The van der Waals surface area contributed by atoms with Crippen LogP contribution in [0.1, 0.15) is 5.56 Å². The average molecular weight is 541 g/mol. The molecule has 0 saturated heterocycles. The highest BCUT2D eigenvalue weighted by atomic mass is 35.5. The van der Waals surface area contributed by atoms with Crippen LogP contribution in [0, 0.1) is 21.4 Å². The number of carbonyl (C=O) groups is 2. The maximum Gasteiger partial charge on any atom is 0.271 e. The molecule has 0 spiro atoms. The zero-order valence-electron chi connectivity index (χ0n) is 19.2. The van der Waals surface area contributed by atoms with Crippen molar-refractivity contribution in [1.82, 2.24) is 0 Å². The molecule has 10 nitrogen and oxygen atoms in total. The predicted octanol–water partition coefficient (Wildman–Crippen LogP) is 5.47. The maximum absolute atomic E-state index is 12.5. The summed E-state index contributed by atoms with van der Waals surface area (Å²) in [4.78, 5) is 35.1. The molecule has 3 aromatic rings. The molecule has 0 atom stereocenters. The molecular weight excluding hydrogens is 523 g/mol. The predicted molar refractivity (Wildman–Crippen MR) is 139 cm³/mol. The zero-order chi connectivity index (χ0) is 26.9. The van der Waals surface area contributed by atoms with Crippen molar-refractivity contribution in [1.29, 1.82) is 5.26 Å². The Morgan fingerprint density at radius 1 is 1.03 bits per heavy atom. The van der Waals surface area contributed by atoms with E-state index < -0.39 is 16.7 Å². The van der Waals surface area contributed by atoms with Gasteiger partial charge < -0.3 is 20.1 Å². The summed E-state index contributed by atoms with van der Waals surface area (Å²) in [6, 6.07) is 16.4. The van der Waals surface area contributed by atoms with Crippen LogP contribution in [0.3, 0.4) is 0 Å². The lowest BCUT2D eigenvalue weighted by Gasteiger charge is -2.12. The van der Waals surface area contributed by atoms with Crippen LogP contribution in [-0.4, -0.2) is 30.5 Å². The largest absolute Gasteiger partial charge is 0.493 e. The van der Waals surface area contributed by atoms with Crippen molar-refractivity contribution in [3.63, 3.8) is 0 Å². The average Bonchev–Trinajstić information content (AvgIpc) is 2.88. The molecular formula is C25H18Cl2N4O6. The number of nitro groups is 1. The van der Waals surface area contributed by atoms with E-state index in [0.29, 0.717) is 21.3 Å². The van der Waals surface area contributed by atoms with E-state index in [2.05, 4.69) is 10.6 Å². The number of rotatable bonds is 9. The van der Waals surface area contributed by atoms with Gasteiger partial charge in [-0.3, -0.25) is 19.7 Å². The Kier molecular flexibility index (Phi) is 9.05. The second-order valence-electron chi connectivity index (χ2n) is 7.31. The van der Waals surface area contributed by atoms with Gasteiger partial charge in [-0.05, 0) is 48.0 Å². The molecule has 0 aliphatic rings. The number of nitrogens with one attached hydrogen (secondary N) is 2. The quantitative estimate of drug-likeness (QED) is 0.158. The van der Waals surface area contributed by atoms with Crippen LogP contribution in [-0.2, 0) is 9.59 Å². The Hall–Kier alpha value is -4.59. The van der Waals surface area contributed by atoms with Crippen LogP contribution in [0.5, 0.6) is 11.5 Å². The van der Waals surface area contributed by atoms with Gasteiger partial charge in [0.25, 0.3) is 17.5 Å². The van der Waals surface area contributed by atoms with E-state index in [4.69, 9.17) is 32.7 Å². The molecule has 37 heavy (non-hydrogen) atoms. The Balaban J connectivity index is 1.68. The first-order valence-electron chi connectivity index (χ1n) is 10.4. The number of benzene rings is 3. The maximum atomic E-state index is 12.5. The summed E-state index contributed by atoms with van der Waals surface area (Å²) >= 11 is 11.8. The van der Waals surface area contributed by atoms with Gasteiger partial charge in [0, 0.05) is 23.5 Å². The van der Waals surface area contributed by atoms with Gasteiger partial charge in [0.2, 0.25) is 0 Å². The van der Waals surface area contributed by atoms with E-state index in [1.807, 2.05) is 0 Å². The highest BCUT2D eigenvalue weighted by molar-refractivity contribution is 6.42. The van der Waals surface area contributed by atoms with Crippen molar-refractivity contribution in [3.05, 3.63) is 92.0 Å². The summed E-state index contributed by atoms with van der Waals surface area (Å²) in [6.45, 7) is -0.332. The topological polar surface area (TPSA) is 144 Å². The van der Waals surface area contributed by atoms with E-state index in [1.54, 1.807) is 24.3 Å². The second-order valence-corrected chi connectivity index (χ2v) is 8.12. The van der Waals surface area contributed by atoms with Gasteiger partial charge in [0.05, 0.1) is 22.1 Å². The highest BCUT2D eigenvalue weighted by Gasteiger charge is 2.14. The molecule has 0 aliphatic heterocycles. The molecule has 0 aliphatic carbocycles. The fourth-order valence-electron chi connectivity index (χ4n) is 3.02. The summed E-state index contributed by atoms with van der Waals surface area (Å²) in [5.74, 6) is -0.689. The number of hydrogen-bond acceptors (Lipinski definition) is 7. The smallest absolute Gasteiger partial charge is 0.271 e. The van der Waals surface area contributed by atoms with Crippen LogP contribution in [0.4, 0.5) is 17.1 Å². The van der Waals surface area contributed by atoms with Crippen molar-refractivity contribution in [2.45, 2.75) is 0 Å². The lowest BCUT2D eigenvalue weighted by Crippen LogP contribution is -2.20. The number of non-ortho nitro benzene ring substituents is 1. The summed E-state index contributed by atoms with van der Waals surface area (Å²) in [5, 5.41) is 26.1. The normalized spacial score (nSPS) is 10.7. The first-order valence-corrected chi connectivity index (χ1v) is 11.2. The number of nitro benzene ring substituents is 1. The molecule has 188 valence electrons. The third-order valence-corrected chi connectivity index (χ3v) is 5.48. The summed E-state index contributed by atoms with van der Waals surface area (Å²) in [7, 11) is 1.39. The Labute approximate surface area is 221 Å². The Bertz CT molecular complexity index is 1430. The van der Waals surface area contributed by atoms with Crippen molar-refractivity contribution in [2.24, 2.45) is 0 Å². The van der Waals surface area contributed by atoms with Crippen molar-refractivity contribution < 1.29 is 24.0 Å². The molecule has 0 saturated carbocycles. The molecule has 2 N–H and O–H groups in total. The van der Waals surface area contributed by atoms with Gasteiger partial charge in [-0.2, -0.15) is 5.26 Å². The van der Waals surface area contributed by atoms with E-state index in [0.717, 1.165) is 0 Å². The molecule has 0 bridgehead atoms. The van der Waals surface area contributed by atoms with Crippen LogP contribution < -0.4 is 20.1 Å². The van der Waals surface area contributed by atoms with Crippen molar-refractivity contribution in [2.75, 3.05) is 24.4 Å². The lowest BCUT2D eigenvalue weighted by molar-refractivity contribution is -0.384. The molecule has 0 aromatic heterocycles. The summed E-state index contributed by atoms with van der Waals surface area (Å²) in [6.07, 6.45) is 1.32. The van der Waals surface area contributed by atoms with Crippen LogP contribution in [0.25, 0.3) is 6.08 Å². The van der Waals surface area contributed by atoms with Gasteiger partial charge in [-0.1, -0.05) is 35.3 Å². The fourth-order valence-corrected chi connectivity index (χ4v) is 3.32. The Morgan fingerprint density at radius 3 is 2.46 bits per heavy atom. The minimum Gasteiger partial charge on any atom is -0.493 e. The number of ether oxygens (including phenoxy) is 2. The van der Waals surface area contributed by atoms with E-state index in [1.165, 1.54) is 55.7 Å². The van der Waals surface area contributed by atoms with Gasteiger partial charge in [0.1, 0.15) is 11.6 Å². The molecule has 0 radical (unpaired) electrons. The zero-order valence-corrected chi connectivity index (χ0v) is 20.7. The number of hydrogen-bond donors (Lipinski definition) is 2. The number of nitriles is 1. The first kappa shape index (κ1) is 27.0. The molecule has 0 heterocycles. The lowest BCUT2D eigenvalue weighted by atomic mass is 10.1. The van der Waals surface area contributed by atoms with Crippen LogP contribution >= 0.6 is 23.2 Å². The number of anilines is 2. The van der Waals surface area contributed by atoms with E-state index >= 15 is 0 Å². The summed E-state index contributed by atoms with van der Waals surface area (Å²) < 4.78 is 10.9. The minimum atomic E-state index is -0.749. The third kappa shape index (κ3) is 7.44. The monoisotopic (exact) mass is 540 g/mol. The van der Waals surface area contributed by atoms with Crippen molar-refractivity contribution in [3.8, 4) is 17.6 Å². The van der Waals surface area contributed by atoms with E-state index in [9.17, 15) is 25.0 Å². The number of carbonyl (C=O) groups excluding carboxylic acids is 2. The fraction of sp³-hybridized carbons (Fsp3) is 0.0800. The highest BCUT2D eigenvalue weighted by Crippen LogP contribution is 2.29. The molecule has 2 amide bonds. The second kappa shape index (κ2) is 12.4. The third-order valence-electron chi connectivity index (χ3n) is 4.74. The van der Waals surface area contributed by atoms with Crippen LogP contribution in [0.15, 0.2) is 66.2 Å².